The molecule has 1 atom stereocenters. The van der Waals surface area contributed by atoms with Gasteiger partial charge in [0.15, 0.2) is 0 Å². The van der Waals surface area contributed by atoms with Crippen LogP contribution in [0.4, 0.5) is 5.82 Å². The van der Waals surface area contributed by atoms with Crippen molar-refractivity contribution in [1.82, 2.24) is 15.2 Å². The molecule has 2 rings (SSSR count). The van der Waals surface area contributed by atoms with Crippen molar-refractivity contribution in [3.05, 3.63) is 23.4 Å². The molecule has 1 N–H and O–H groups in total. The third kappa shape index (κ3) is 4.40. The fourth-order valence-electron chi connectivity index (χ4n) is 2.70. The number of pyridine rings is 1. The number of methoxy groups -OCH3 is 1. The van der Waals surface area contributed by atoms with Crippen molar-refractivity contribution in [3.8, 4) is 0 Å². The lowest BCUT2D eigenvalue weighted by Crippen LogP contribution is -2.50. The topological polar surface area (TPSA) is 40.6 Å². The lowest BCUT2D eigenvalue weighted by molar-refractivity contribution is 0.199. The average Bonchev–Trinajstić information content (AvgIpc) is 2.47. The van der Waals surface area contributed by atoms with E-state index < -0.39 is 0 Å². The lowest BCUT2D eigenvalue weighted by atomic mass is 10.1. The predicted molar refractivity (Wildman–Crippen MR) is 86.9 cm³/mol. The summed E-state index contributed by atoms with van der Waals surface area (Å²) in [6, 6.07) is 2.82. The molecule has 1 aliphatic heterocycles. The fourth-order valence-corrected chi connectivity index (χ4v) is 2.70. The molecule has 0 bridgehead atoms. The number of nitrogens with one attached hydrogen (secondary N) is 1. The molecule has 1 fully saturated rings. The summed E-state index contributed by atoms with van der Waals surface area (Å²) in [4.78, 5) is 9.50. The second-order valence-electron chi connectivity index (χ2n) is 5.93. The van der Waals surface area contributed by atoms with E-state index in [0.29, 0.717) is 6.04 Å². The minimum absolute atomic E-state index is 0.579. The van der Waals surface area contributed by atoms with Gasteiger partial charge in [-0.05, 0) is 38.1 Å². The normalized spacial score (nSPS) is 20.0. The van der Waals surface area contributed by atoms with E-state index in [-0.39, 0.29) is 0 Å². The molecule has 0 spiro atoms. The molecule has 1 aliphatic rings. The molecular weight excluding hydrogens is 264 g/mol. The Bertz CT molecular complexity index is 452. The van der Waals surface area contributed by atoms with E-state index in [2.05, 4.69) is 42.1 Å². The maximum atomic E-state index is 5.03. The van der Waals surface area contributed by atoms with Gasteiger partial charge in [-0.2, -0.15) is 0 Å². The Morgan fingerprint density at radius 2 is 2.24 bits per heavy atom. The zero-order valence-corrected chi connectivity index (χ0v) is 13.7. The standard InChI is InChI=1S/C16H28N4O/c1-13-9-15(10-17-5-8-21-4)11-18-16(13)20-7-6-19(3)14(2)12-20/h9,11,14,17H,5-8,10,12H2,1-4H3. The number of hydrogen-bond acceptors (Lipinski definition) is 5. The zero-order chi connectivity index (χ0) is 15.2. The number of rotatable bonds is 6. The van der Waals surface area contributed by atoms with Crippen LogP contribution in [0.25, 0.3) is 0 Å². The van der Waals surface area contributed by atoms with Crippen molar-refractivity contribution < 1.29 is 4.74 Å². The highest BCUT2D eigenvalue weighted by molar-refractivity contribution is 5.48. The van der Waals surface area contributed by atoms with Gasteiger partial charge in [-0.3, -0.25) is 0 Å². The number of aryl methyl sites for hydroxylation is 1. The second-order valence-corrected chi connectivity index (χ2v) is 5.93. The molecule has 0 aromatic carbocycles. The molecule has 118 valence electrons. The van der Waals surface area contributed by atoms with Crippen LogP contribution in [-0.2, 0) is 11.3 Å². The van der Waals surface area contributed by atoms with Crippen molar-refractivity contribution >= 4 is 5.82 Å². The summed E-state index contributed by atoms with van der Waals surface area (Å²) in [5.74, 6) is 1.13. The van der Waals surface area contributed by atoms with Gasteiger partial charge in [0.2, 0.25) is 0 Å². The number of nitrogens with zero attached hydrogens (tertiary/aromatic N) is 3. The van der Waals surface area contributed by atoms with Crippen molar-refractivity contribution in [2.45, 2.75) is 26.4 Å². The number of aromatic nitrogens is 1. The summed E-state index contributed by atoms with van der Waals surface area (Å²) < 4.78 is 5.03. The summed E-state index contributed by atoms with van der Waals surface area (Å²) in [5.41, 5.74) is 2.49. The van der Waals surface area contributed by atoms with Crippen LogP contribution < -0.4 is 10.2 Å². The molecule has 0 saturated carbocycles. The Balaban J connectivity index is 1.95. The molecule has 5 nitrogen and oxygen atoms in total. The van der Waals surface area contributed by atoms with E-state index in [4.69, 9.17) is 9.72 Å². The highest BCUT2D eigenvalue weighted by Crippen LogP contribution is 2.21. The molecule has 5 heteroatoms. The number of ether oxygens (including phenoxy) is 1. The summed E-state index contributed by atoms with van der Waals surface area (Å²) in [6.07, 6.45) is 1.99. The Hall–Kier alpha value is -1.17. The molecule has 0 amide bonds. The molecule has 0 radical (unpaired) electrons. The Morgan fingerprint density at radius 1 is 1.43 bits per heavy atom. The van der Waals surface area contributed by atoms with E-state index in [9.17, 15) is 0 Å². The molecule has 2 heterocycles. The van der Waals surface area contributed by atoms with Crippen molar-refractivity contribution in [1.29, 1.82) is 0 Å². The maximum Gasteiger partial charge on any atom is 0.131 e. The monoisotopic (exact) mass is 292 g/mol. The largest absolute Gasteiger partial charge is 0.383 e. The van der Waals surface area contributed by atoms with Gasteiger partial charge in [0.05, 0.1) is 6.61 Å². The Morgan fingerprint density at radius 3 is 2.90 bits per heavy atom. The molecule has 1 aromatic rings. The Labute approximate surface area is 128 Å². The van der Waals surface area contributed by atoms with Gasteiger partial charge in [-0.15, -0.1) is 0 Å². The van der Waals surface area contributed by atoms with Crippen LogP contribution in [0.3, 0.4) is 0 Å². The fraction of sp³-hybridized carbons (Fsp3) is 0.688. The van der Waals surface area contributed by atoms with Crippen molar-refractivity contribution in [2.24, 2.45) is 0 Å². The number of likely N-dealkylation sites (N-methyl/N-ethyl adjacent to an activating group) is 1. The summed E-state index contributed by atoms with van der Waals surface area (Å²) in [5, 5.41) is 3.36. The number of hydrogen-bond donors (Lipinski definition) is 1. The smallest absolute Gasteiger partial charge is 0.131 e. The molecule has 1 unspecified atom stereocenters. The maximum absolute atomic E-state index is 5.03. The third-order valence-electron chi connectivity index (χ3n) is 4.18. The number of piperazine rings is 1. The van der Waals surface area contributed by atoms with Gasteiger partial charge in [-0.25, -0.2) is 4.98 Å². The summed E-state index contributed by atoms with van der Waals surface area (Å²) in [7, 11) is 3.91. The van der Waals surface area contributed by atoms with Gasteiger partial charge in [0.25, 0.3) is 0 Å². The zero-order valence-electron chi connectivity index (χ0n) is 13.7. The van der Waals surface area contributed by atoms with Crippen molar-refractivity contribution in [2.75, 3.05) is 51.8 Å². The minimum Gasteiger partial charge on any atom is -0.383 e. The first-order valence-electron chi connectivity index (χ1n) is 7.72. The van der Waals surface area contributed by atoms with Gasteiger partial charge in [0.1, 0.15) is 5.82 Å². The highest BCUT2D eigenvalue weighted by atomic mass is 16.5. The summed E-state index contributed by atoms with van der Waals surface area (Å²) >= 11 is 0. The first kappa shape index (κ1) is 16.2. The van der Waals surface area contributed by atoms with Gasteiger partial charge in [0, 0.05) is 52.1 Å². The predicted octanol–water partition coefficient (Wildman–Crippen LogP) is 1.27. The van der Waals surface area contributed by atoms with E-state index in [0.717, 1.165) is 45.1 Å². The van der Waals surface area contributed by atoms with E-state index >= 15 is 0 Å². The number of anilines is 1. The molecular formula is C16H28N4O. The van der Waals surface area contributed by atoms with Gasteiger partial charge >= 0.3 is 0 Å². The second kappa shape index (κ2) is 7.73. The average molecular weight is 292 g/mol. The SMILES string of the molecule is COCCNCc1cnc(N2CCN(C)C(C)C2)c(C)c1. The van der Waals surface area contributed by atoms with Crippen LogP contribution >= 0.6 is 0 Å². The quantitative estimate of drug-likeness (QED) is 0.800. The van der Waals surface area contributed by atoms with Crippen molar-refractivity contribution in [3.63, 3.8) is 0 Å². The minimum atomic E-state index is 0.579. The van der Waals surface area contributed by atoms with Crippen LogP contribution in [0, 0.1) is 6.92 Å². The molecule has 21 heavy (non-hydrogen) atoms. The van der Waals surface area contributed by atoms with Gasteiger partial charge in [-0.1, -0.05) is 0 Å². The third-order valence-corrected chi connectivity index (χ3v) is 4.18. The van der Waals surface area contributed by atoms with Crippen LogP contribution in [0.5, 0.6) is 0 Å². The first-order valence-corrected chi connectivity index (χ1v) is 7.72. The van der Waals surface area contributed by atoms with E-state index in [1.54, 1.807) is 7.11 Å². The van der Waals surface area contributed by atoms with Crippen LogP contribution in [0.1, 0.15) is 18.1 Å². The van der Waals surface area contributed by atoms with Crippen LogP contribution in [0.15, 0.2) is 12.3 Å². The molecule has 1 aromatic heterocycles. The lowest BCUT2D eigenvalue weighted by Gasteiger charge is -2.38. The summed E-state index contributed by atoms with van der Waals surface area (Å²) in [6.45, 7) is 10.1. The first-order chi connectivity index (χ1) is 10.1. The van der Waals surface area contributed by atoms with E-state index in [1.807, 2.05) is 6.20 Å². The van der Waals surface area contributed by atoms with Crippen LogP contribution in [0.2, 0.25) is 0 Å². The Kier molecular flexibility index (Phi) is 5.96. The molecule has 0 aliphatic carbocycles. The molecule has 1 saturated heterocycles. The van der Waals surface area contributed by atoms with Gasteiger partial charge < -0.3 is 19.9 Å². The van der Waals surface area contributed by atoms with Crippen LogP contribution in [-0.4, -0.2) is 62.9 Å². The highest BCUT2D eigenvalue weighted by Gasteiger charge is 2.22. The van der Waals surface area contributed by atoms with E-state index in [1.165, 1.54) is 11.1 Å².